The van der Waals surface area contributed by atoms with E-state index in [1.807, 2.05) is 66.7 Å². The van der Waals surface area contributed by atoms with E-state index in [0.29, 0.717) is 11.4 Å². The van der Waals surface area contributed by atoms with Gasteiger partial charge in [-0.15, -0.1) is 0 Å². The number of amides is 1. The molecule has 0 saturated heterocycles. The van der Waals surface area contributed by atoms with E-state index >= 15 is 0 Å². The van der Waals surface area contributed by atoms with Crippen molar-refractivity contribution in [3.8, 4) is 5.75 Å². The first-order valence-corrected chi connectivity index (χ1v) is 12.8. The highest BCUT2D eigenvalue weighted by Gasteiger charge is 2.21. The molecule has 0 aliphatic rings. The van der Waals surface area contributed by atoms with Crippen LogP contribution in [0.4, 0.5) is 5.69 Å². The number of ether oxygens (including phenoxy) is 1. The molecule has 0 radical (unpaired) electrons. The largest absolute Gasteiger partial charge is 0.483 e. The predicted octanol–water partition coefficient (Wildman–Crippen LogP) is 5.44. The van der Waals surface area contributed by atoms with E-state index in [9.17, 15) is 13.2 Å². The van der Waals surface area contributed by atoms with Gasteiger partial charge >= 0.3 is 0 Å². The van der Waals surface area contributed by atoms with E-state index in [2.05, 4.69) is 21.2 Å². The average molecular weight is 539 g/mol. The number of sulfonamides is 1. The summed E-state index contributed by atoms with van der Waals surface area (Å²) in [5.74, 6) is 0.216. The maximum absolute atomic E-state index is 12.9. The fourth-order valence-electron chi connectivity index (χ4n) is 3.48. The van der Waals surface area contributed by atoms with Gasteiger partial charge in [0, 0.05) is 19.3 Å². The van der Waals surface area contributed by atoms with Gasteiger partial charge in [-0.2, -0.15) is 4.31 Å². The molecule has 0 saturated carbocycles. The number of nitrogens with zero attached hydrogens (tertiary/aromatic N) is 1. The summed E-state index contributed by atoms with van der Waals surface area (Å²) in [6.45, 7) is 0.0835. The molecule has 0 atom stereocenters. The molecule has 0 unspecified atom stereocenters. The number of rotatable bonds is 8. The van der Waals surface area contributed by atoms with Crippen LogP contribution in [0.25, 0.3) is 10.8 Å². The number of fused-ring (bicyclic) bond motifs is 1. The monoisotopic (exact) mass is 538 g/mol. The normalized spacial score (nSPS) is 11.5. The molecule has 1 amide bonds. The fraction of sp³-hybridized carbons (Fsp3) is 0.115. The summed E-state index contributed by atoms with van der Waals surface area (Å²) in [6.07, 6.45) is 0. The standard InChI is InChI=1S/C26H23BrN2O4S/c1-29(17-19-7-3-2-4-8-19)34(31,32)22-14-12-21(13-15-22)28-25(30)18-33-24-16-11-20-9-5-6-10-23(20)26(24)27/h2-16H,17-18H2,1H3,(H,28,30). The zero-order valence-corrected chi connectivity index (χ0v) is 20.8. The van der Waals surface area contributed by atoms with Crippen molar-refractivity contribution in [1.82, 2.24) is 4.31 Å². The van der Waals surface area contributed by atoms with Gasteiger partial charge in [0.2, 0.25) is 10.0 Å². The molecule has 1 N–H and O–H groups in total. The first-order valence-electron chi connectivity index (χ1n) is 10.5. The van der Waals surface area contributed by atoms with Gasteiger partial charge in [-0.05, 0) is 62.6 Å². The van der Waals surface area contributed by atoms with Gasteiger partial charge in [0.05, 0.1) is 9.37 Å². The lowest BCUT2D eigenvalue weighted by Gasteiger charge is -2.17. The van der Waals surface area contributed by atoms with Crippen molar-refractivity contribution in [3.05, 3.63) is 101 Å². The summed E-state index contributed by atoms with van der Waals surface area (Å²) in [7, 11) is -2.12. The summed E-state index contributed by atoms with van der Waals surface area (Å²) in [6, 6.07) is 27.1. The second-order valence-electron chi connectivity index (χ2n) is 7.71. The van der Waals surface area contributed by atoms with Crippen LogP contribution >= 0.6 is 15.9 Å². The van der Waals surface area contributed by atoms with Crippen molar-refractivity contribution in [1.29, 1.82) is 0 Å². The Morgan fingerprint density at radius 1 is 0.912 bits per heavy atom. The Morgan fingerprint density at radius 2 is 1.59 bits per heavy atom. The molecule has 4 aromatic rings. The lowest BCUT2D eigenvalue weighted by Crippen LogP contribution is -2.26. The first kappa shape index (κ1) is 23.9. The summed E-state index contributed by atoms with van der Waals surface area (Å²) in [5.41, 5.74) is 1.38. The van der Waals surface area contributed by atoms with Gasteiger partial charge in [0.1, 0.15) is 5.75 Å². The van der Waals surface area contributed by atoms with E-state index in [-0.39, 0.29) is 24.0 Å². The summed E-state index contributed by atoms with van der Waals surface area (Å²) < 4.78 is 33.5. The molecular weight excluding hydrogens is 516 g/mol. The zero-order valence-electron chi connectivity index (χ0n) is 18.4. The highest BCUT2D eigenvalue weighted by atomic mass is 79.9. The van der Waals surface area contributed by atoms with Crippen molar-refractivity contribution in [2.24, 2.45) is 0 Å². The van der Waals surface area contributed by atoms with Gasteiger partial charge in [-0.25, -0.2) is 8.42 Å². The minimum atomic E-state index is -3.66. The van der Waals surface area contributed by atoms with Crippen LogP contribution in [0, 0.1) is 0 Å². The number of halogens is 1. The molecule has 0 aliphatic heterocycles. The van der Waals surface area contributed by atoms with E-state index in [1.54, 1.807) is 19.2 Å². The van der Waals surface area contributed by atoms with E-state index in [4.69, 9.17) is 4.74 Å². The lowest BCUT2D eigenvalue weighted by atomic mass is 10.1. The molecule has 0 aliphatic carbocycles. The van der Waals surface area contributed by atoms with Crippen LogP contribution in [0.1, 0.15) is 5.56 Å². The molecular formula is C26H23BrN2O4S. The van der Waals surface area contributed by atoms with E-state index < -0.39 is 10.0 Å². The summed E-state index contributed by atoms with van der Waals surface area (Å²) in [5, 5.41) is 4.79. The fourth-order valence-corrected chi connectivity index (χ4v) is 5.25. The Morgan fingerprint density at radius 3 is 2.32 bits per heavy atom. The number of hydrogen-bond acceptors (Lipinski definition) is 4. The Labute approximate surface area is 207 Å². The van der Waals surface area contributed by atoms with Crippen molar-refractivity contribution < 1.29 is 17.9 Å². The second kappa shape index (κ2) is 10.4. The molecule has 34 heavy (non-hydrogen) atoms. The maximum Gasteiger partial charge on any atom is 0.262 e. The number of nitrogens with one attached hydrogen (secondary N) is 1. The third-order valence-electron chi connectivity index (χ3n) is 5.28. The average Bonchev–Trinajstić information content (AvgIpc) is 2.85. The summed E-state index contributed by atoms with van der Waals surface area (Å²) >= 11 is 3.54. The van der Waals surface area contributed by atoms with Crippen LogP contribution in [0.15, 0.2) is 100 Å². The van der Waals surface area contributed by atoms with Crippen LogP contribution in [0.3, 0.4) is 0 Å². The quantitative estimate of drug-likeness (QED) is 0.324. The minimum absolute atomic E-state index is 0.153. The molecule has 4 aromatic carbocycles. The maximum atomic E-state index is 12.9. The summed E-state index contributed by atoms with van der Waals surface area (Å²) in [4.78, 5) is 12.5. The highest BCUT2D eigenvalue weighted by molar-refractivity contribution is 9.10. The molecule has 8 heteroatoms. The van der Waals surface area contributed by atoms with Crippen LogP contribution in [-0.4, -0.2) is 32.3 Å². The number of carbonyl (C=O) groups excluding carboxylic acids is 1. The molecule has 0 aromatic heterocycles. The number of benzene rings is 4. The molecule has 0 bridgehead atoms. The topological polar surface area (TPSA) is 75.7 Å². The van der Waals surface area contributed by atoms with Crippen molar-refractivity contribution >= 4 is 48.3 Å². The minimum Gasteiger partial charge on any atom is -0.483 e. The predicted molar refractivity (Wildman–Crippen MR) is 137 cm³/mol. The van der Waals surface area contributed by atoms with Gasteiger partial charge < -0.3 is 10.1 Å². The number of hydrogen-bond donors (Lipinski definition) is 1. The van der Waals surface area contributed by atoms with Crippen molar-refractivity contribution in [2.75, 3.05) is 19.0 Å². The third-order valence-corrected chi connectivity index (χ3v) is 7.92. The van der Waals surface area contributed by atoms with E-state index in [1.165, 1.54) is 16.4 Å². The second-order valence-corrected chi connectivity index (χ2v) is 10.5. The Hall–Kier alpha value is -3.20. The number of carbonyl (C=O) groups is 1. The highest BCUT2D eigenvalue weighted by Crippen LogP contribution is 2.33. The Kier molecular flexibility index (Phi) is 7.31. The number of anilines is 1. The smallest absolute Gasteiger partial charge is 0.262 e. The van der Waals surface area contributed by atoms with Gasteiger partial charge in [0.15, 0.2) is 6.61 Å². The first-order chi connectivity index (χ1) is 16.3. The van der Waals surface area contributed by atoms with Crippen LogP contribution in [0.2, 0.25) is 0 Å². The molecule has 0 heterocycles. The van der Waals surface area contributed by atoms with Gasteiger partial charge in [-0.3, -0.25) is 4.79 Å². The lowest BCUT2D eigenvalue weighted by molar-refractivity contribution is -0.118. The van der Waals surface area contributed by atoms with Gasteiger partial charge in [-0.1, -0.05) is 60.7 Å². The molecule has 174 valence electrons. The van der Waals surface area contributed by atoms with Crippen LogP contribution < -0.4 is 10.1 Å². The van der Waals surface area contributed by atoms with Gasteiger partial charge in [0.25, 0.3) is 5.91 Å². The zero-order chi connectivity index (χ0) is 24.1. The SMILES string of the molecule is CN(Cc1ccccc1)S(=O)(=O)c1ccc(NC(=O)COc2ccc3ccccc3c2Br)cc1. The van der Waals surface area contributed by atoms with Crippen molar-refractivity contribution in [2.45, 2.75) is 11.4 Å². The molecule has 4 rings (SSSR count). The third kappa shape index (κ3) is 5.47. The Balaban J connectivity index is 1.37. The van der Waals surface area contributed by atoms with Crippen LogP contribution in [-0.2, 0) is 21.4 Å². The van der Waals surface area contributed by atoms with Crippen molar-refractivity contribution in [3.63, 3.8) is 0 Å². The molecule has 0 spiro atoms. The molecule has 0 fully saturated rings. The van der Waals surface area contributed by atoms with E-state index in [0.717, 1.165) is 20.8 Å². The molecule has 6 nitrogen and oxygen atoms in total. The van der Waals surface area contributed by atoms with Crippen LogP contribution in [0.5, 0.6) is 5.75 Å². The Bertz CT molecular complexity index is 1410.